The van der Waals surface area contributed by atoms with Gasteiger partial charge in [0.2, 0.25) is 5.91 Å². The van der Waals surface area contributed by atoms with Crippen molar-refractivity contribution >= 4 is 18.0 Å². The number of carboxylic acids is 1. The first-order valence-electron chi connectivity index (χ1n) is 12.2. The molecule has 3 unspecified atom stereocenters. The quantitative estimate of drug-likeness (QED) is 0.611. The van der Waals surface area contributed by atoms with Crippen molar-refractivity contribution in [2.75, 3.05) is 19.7 Å². The molecule has 1 aliphatic carbocycles. The third-order valence-electron chi connectivity index (χ3n) is 7.79. The normalized spacial score (nSPS) is 22.0. The summed E-state index contributed by atoms with van der Waals surface area (Å²) in [5.74, 6) is -1.22. The molecular weight excluding hydrogens is 444 g/mol. The third kappa shape index (κ3) is 4.77. The molecule has 2 amide bonds. The van der Waals surface area contributed by atoms with Crippen LogP contribution < -0.4 is 5.32 Å². The molecule has 0 aromatic heterocycles. The SMILES string of the molecule is CC(C)C(CC(=O)N1CC(C)C(C)(C(=O)O)C1)NC(=O)OCC1c2ccccc2-c2ccccc21. The molecule has 1 heterocycles. The van der Waals surface area contributed by atoms with Crippen molar-refractivity contribution in [2.45, 2.75) is 46.1 Å². The zero-order chi connectivity index (χ0) is 25.3. The van der Waals surface area contributed by atoms with Crippen molar-refractivity contribution in [3.8, 4) is 11.1 Å². The molecular formula is C28H34N2O5. The van der Waals surface area contributed by atoms with Crippen LogP contribution in [0.4, 0.5) is 4.79 Å². The Morgan fingerprint density at radius 1 is 1.09 bits per heavy atom. The van der Waals surface area contributed by atoms with E-state index in [1.165, 1.54) is 0 Å². The highest BCUT2D eigenvalue weighted by Crippen LogP contribution is 2.44. The number of nitrogens with one attached hydrogen (secondary N) is 1. The minimum atomic E-state index is -0.955. The van der Waals surface area contributed by atoms with Gasteiger partial charge >= 0.3 is 12.1 Å². The number of nitrogens with zero attached hydrogens (tertiary/aromatic N) is 1. The van der Waals surface area contributed by atoms with Crippen LogP contribution in [0.25, 0.3) is 11.1 Å². The van der Waals surface area contributed by atoms with Crippen LogP contribution in [-0.4, -0.2) is 53.7 Å². The summed E-state index contributed by atoms with van der Waals surface area (Å²) in [6.45, 7) is 8.21. The van der Waals surface area contributed by atoms with Crippen molar-refractivity contribution in [3.05, 3.63) is 59.7 Å². The molecule has 2 aromatic rings. The fourth-order valence-electron chi connectivity index (χ4n) is 5.18. The Bertz CT molecular complexity index is 1080. The number of ether oxygens (including phenoxy) is 1. The van der Waals surface area contributed by atoms with E-state index in [0.717, 1.165) is 22.3 Å². The second-order valence-corrected chi connectivity index (χ2v) is 10.4. The highest BCUT2D eigenvalue weighted by Gasteiger charge is 2.48. The fraction of sp³-hybridized carbons (Fsp3) is 0.464. The van der Waals surface area contributed by atoms with Gasteiger partial charge in [-0.1, -0.05) is 69.3 Å². The summed E-state index contributed by atoms with van der Waals surface area (Å²) in [4.78, 5) is 39.0. The highest BCUT2D eigenvalue weighted by molar-refractivity contribution is 5.82. The average molecular weight is 479 g/mol. The number of benzene rings is 2. The van der Waals surface area contributed by atoms with Gasteiger partial charge in [0.05, 0.1) is 5.41 Å². The maximum absolute atomic E-state index is 13.0. The van der Waals surface area contributed by atoms with Crippen LogP contribution in [0, 0.1) is 17.3 Å². The first kappa shape index (κ1) is 24.8. The summed E-state index contributed by atoms with van der Waals surface area (Å²) in [5.41, 5.74) is 3.65. The number of hydrogen-bond acceptors (Lipinski definition) is 4. The zero-order valence-corrected chi connectivity index (χ0v) is 20.8. The van der Waals surface area contributed by atoms with Crippen molar-refractivity contribution in [2.24, 2.45) is 17.3 Å². The summed E-state index contributed by atoms with van der Waals surface area (Å²) in [5, 5.41) is 12.5. The summed E-state index contributed by atoms with van der Waals surface area (Å²) < 4.78 is 5.66. The molecule has 1 fully saturated rings. The minimum absolute atomic E-state index is 0.00492. The molecule has 7 heteroatoms. The molecule has 0 spiro atoms. The van der Waals surface area contributed by atoms with E-state index in [-0.39, 0.29) is 43.2 Å². The third-order valence-corrected chi connectivity index (χ3v) is 7.79. The lowest BCUT2D eigenvalue weighted by molar-refractivity contribution is -0.149. The molecule has 2 N–H and O–H groups in total. The summed E-state index contributed by atoms with van der Waals surface area (Å²) in [7, 11) is 0. The van der Waals surface area contributed by atoms with Crippen LogP contribution in [0.3, 0.4) is 0 Å². The van der Waals surface area contributed by atoms with Gasteiger partial charge in [-0.3, -0.25) is 9.59 Å². The highest BCUT2D eigenvalue weighted by atomic mass is 16.5. The van der Waals surface area contributed by atoms with Crippen LogP contribution in [0.2, 0.25) is 0 Å². The number of aliphatic carboxylic acids is 1. The lowest BCUT2D eigenvalue weighted by Gasteiger charge is -2.26. The molecule has 3 atom stereocenters. The predicted molar refractivity (Wildman–Crippen MR) is 133 cm³/mol. The Morgan fingerprint density at radius 3 is 2.17 bits per heavy atom. The molecule has 186 valence electrons. The van der Waals surface area contributed by atoms with E-state index >= 15 is 0 Å². The summed E-state index contributed by atoms with van der Waals surface area (Å²) in [6.07, 6.45) is -0.451. The second kappa shape index (κ2) is 9.72. The number of rotatable bonds is 7. The van der Waals surface area contributed by atoms with Gasteiger partial charge in [-0.25, -0.2) is 4.79 Å². The van der Waals surface area contributed by atoms with Gasteiger partial charge in [0.1, 0.15) is 6.61 Å². The van der Waals surface area contributed by atoms with E-state index in [1.54, 1.807) is 11.8 Å². The van der Waals surface area contributed by atoms with Gasteiger partial charge in [-0.2, -0.15) is 0 Å². The van der Waals surface area contributed by atoms with Gasteiger partial charge in [0, 0.05) is 31.5 Å². The lowest BCUT2D eigenvalue weighted by atomic mass is 9.81. The molecule has 2 aromatic carbocycles. The maximum atomic E-state index is 13.0. The van der Waals surface area contributed by atoms with Crippen LogP contribution in [0.5, 0.6) is 0 Å². The minimum Gasteiger partial charge on any atom is -0.481 e. The molecule has 7 nitrogen and oxygen atoms in total. The topological polar surface area (TPSA) is 95.9 Å². The zero-order valence-electron chi connectivity index (χ0n) is 20.8. The monoisotopic (exact) mass is 478 g/mol. The van der Waals surface area contributed by atoms with E-state index < -0.39 is 23.5 Å². The van der Waals surface area contributed by atoms with E-state index in [4.69, 9.17) is 4.74 Å². The number of fused-ring (bicyclic) bond motifs is 3. The van der Waals surface area contributed by atoms with Crippen LogP contribution >= 0.6 is 0 Å². The molecule has 2 aliphatic rings. The number of amides is 2. The predicted octanol–water partition coefficient (Wildman–Crippen LogP) is 4.51. The van der Waals surface area contributed by atoms with Crippen LogP contribution in [0.15, 0.2) is 48.5 Å². The van der Waals surface area contributed by atoms with Gasteiger partial charge < -0.3 is 20.1 Å². The van der Waals surface area contributed by atoms with Gasteiger partial charge in [-0.15, -0.1) is 0 Å². The van der Waals surface area contributed by atoms with Gasteiger partial charge in [0.15, 0.2) is 0 Å². The van der Waals surface area contributed by atoms with E-state index in [9.17, 15) is 19.5 Å². The Hall–Kier alpha value is -3.35. The largest absolute Gasteiger partial charge is 0.481 e. The first-order valence-corrected chi connectivity index (χ1v) is 12.2. The molecule has 4 rings (SSSR count). The Kier molecular flexibility index (Phi) is 6.88. The Balaban J connectivity index is 1.37. The fourth-order valence-corrected chi connectivity index (χ4v) is 5.18. The number of alkyl carbamates (subject to hydrolysis) is 1. The van der Waals surface area contributed by atoms with Crippen molar-refractivity contribution in [1.82, 2.24) is 10.2 Å². The average Bonchev–Trinajstić information content (AvgIpc) is 3.32. The van der Waals surface area contributed by atoms with Gasteiger partial charge in [0.25, 0.3) is 0 Å². The van der Waals surface area contributed by atoms with E-state index in [2.05, 4.69) is 29.6 Å². The molecule has 35 heavy (non-hydrogen) atoms. The number of hydrogen-bond donors (Lipinski definition) is 2. The smallest absolute Gasteiger partial charge is 0.407 e. The molecule has 0 saturated carbocycles. The molecule has 1 saturated heterocycles. The first-order chi connectivity index (χ1) is 16.6. The summed E-state index contributed by atoms with van der Waals surface area (Å²) >= 11 is 0. The molecule has 0 radical (unpaired) electrons. The second-order valence-electron chi connectivity index (χ2n) is 10.4. The molecule has 1 aliphatic heterocycles. The van der Waals surface area contributed by atoms with Crippen molar-refractivity contribution in [1.29, 1.82) is 0 Å². The van der Waals surface area contributed by atoms with Gasteiger partial charge in [-0.05, 0) is 41.0 Å². The number of carboxylic acid groups (broad SMARTS) is 1. The van der Waals surface area contributed by atoms with Crippen LogP contribution in [0.1, 0.15) is 51.2 Å². The van der Waals surface area contributed by atoms with E-state index in [1.807, 2.05) is 45.0 Å². The summed E-state index contributed by atoms with van der Waals surface area (Å²) in [6, 6.07) is 15.9. The number of carbonyl (C=O) groups excluding carboxylic acids is 2. The number of likely N-dealkylation sites (tertiary alicyclic amines) is 1. The Labute approximate surface area is 206 Å². The Morgan fingerprint density at radius 2 is 1.66 bits per heavy atom. The lowest BCUT2D eigenvalue weighted by Crippen LogP contribution is -2.44. The van der Waals surface area contributed by atoms with Crippen molar-refractivity contribution in [3.63, 3.8) is 0 Å². The standard InChI is InChI=1S/C28H34N2O5/c1-17(2)24(13-25(31)30-14-18(3)28(4,16-30)26(32)33)29-27(34)35-15-23-21-11-7-5-9-19(21)20-10-6-8-12-22(20)23/h5-12,17-18,23-24H,13-16H2,1-4H3,(H,29,34)(H,32,33). The van der Waals surface area contributed by atoms with Crippen LogP contribution in [-0.2, 0) is 14.3 Å². The maximum Gasteiger partial charge on any atom is 0.407 e. The number of carbonyl (C=O) groups is 3. The van der Waals surface area contributed by atoms with E-state index in [0.29, 0.717) is 6.54 Å². The molecule has 0 bridgehead atoms. The van der Waals surface area contributed by atoms with Crippen molar-refractivity contribution < 1.29 is 24.2 Å².